The molecule has 3 fully saturated rings. The van der Waals surface area contributed by atoms with Crippen molar-refractivity contribution in [2.45, 2.75) is 50.5 Å². The number of carbonyl (C=O) groups excluding carboxylic acids is 1. The number of nitrogens with zero attached hydrogens (tertiary/aromatic N) is 5. The minimum Gasteiger partial charge on any atom is -0.354 e. The molecule has 0 saturated carbocycles. The lowest BCUT2D eigenvalue weighted by molar-refractivity contribution is -0.186. The number of anilines is 2. The van der Waals surface area contributed by atoms with Gasteiger partial charge in [0.2, 0.25) is 0 Å². The monoisotopic (exact) mass is 558 g/mol. The molecule has 11 nitrogen and oxygen atoms in total. The van der Waals surface area contributed by atoms with Crippen molar-refractivity contribution < 1.29 is 22.7 Å². The predicted molar refractivity (Wildman–Crippen MR) is 147 cm³/mol. The normalized spacial score (nSPS) is 22.7. The molecule has 12 heteroatoms. The number of pyridine rings is 2. The second kappa shape index (κ2) is 11.4. The third-order valence-corrected chi connectivity index (χ3v) is 9.42. The SMILES string of the molecule is CC1CCN(c2ncccc2C(=O)NS(=O)(=O)c2cccc(N3CCN(CC4OCCCO4)CC3)n2)C1(C)C. The second-order valence-corrected chi connectivity index (χ2v) is 12.6. The first-order valence-electron chi connectivity index (χ1n) is 13.6. The van der Waals surface area contributed by atoms with Crippen molar-refractivity contribution in [2.75, 3.05) is 62.3 Å². The zero-order chi connectivity index (χ0) is 27.6. The smallest absolute Gasteiger partial charge is 0.281 e. The van der Waals surface area contributed by atoms with Gasteiger partial charge in [-0.15, -0.1) is 0 Å². The highest BCUT2D eigenvalue weighted by atomic mass is 32.2. The molecule has 212 valence electrons. The highest BCUT2D eigenvalue weighted by molar-refractivity contribution is 7.90. The van der Waals surface area contributed by atoms with Gasteiger partial charge in [-0.2, -0.15) is 8.42 Å². The lowest BCUT2D eigenvalue weighted by Crippen LogP contribution is -2.50. The van der Waals surface area contributed by atoms with Crippen LogP contribution in [-0.2, 0) is 19.5 Å². The molecule has 3 aliphatic rings. The second-order valence-electron chi connectivity index (χ2n) is 11.0. The average Bonchev–Trinajstić information content (AvgIpc) is 3.21. The lowest BCUT2D eigenvalue weighted by Gasteiger charge is -2.37. The molecule has 2 aromatic heterocycles. The molecule has 3 aliphatic heterocycles. The summed E-state index contributed by atoms with van der Waals surface area (Å²) in [5.74, 6) is 0.733. The third-order valence-electron chi connectivity index (χ3n) is 8.19. The van der Waals surface area contributed by atoms with E-state index in [-0.39, 0.29) is 22.4 Å². The van der Waals surface area contributed by atoms with Crippen LogP contribution in [0.2, 0.25) is 0 Å². The largest absolute Gasteiger partial charge is 0.354 e. The molecule has 0 aliphatic carbocycles. The van der Waals surface area contributed by atoms with Crippen LogP contribution in [0, 0.1) is 5.92 Å². The van der Waals surface area contributed by atoms with Crippen LogP contribution in [-0.4, -0.2) is 93.5 Å². The Hall–Kier alpha value is -2.80. The quantitative estimate of drug-likeness (QED) is 0.541. The zero-order valence-corrected chi connectivity index (χ0v) is 23.7. The molecule has 0 spiro atoms. The maximum atomic E-state index is 13.3. The van der Waals surface area contributed by atoms with E-state index in [1.807, 2.05) is 0 Å². The van der Waals surface area contributed by atoms with Gasteiger partial charge < -0.3 is 19.3 Å². The molecule has 39 heavy (non-hydrogen) atoms. The molecule has 3 saturated heterocycles. The Kier molecular flexibility index (Phi) is 8.08. The van der Waals surface area contributed by atoms with Crippen LogP contribution >= 0.6 is 0 Å². The zero-order valence-electron chi connectivity index (χ0n) is 22.9. The standard InChI is InChI=1S/C27H38N6O5S/c1-20-10-12-33(27(20,2)3)25-21(7-5-11-28-25)26(34)30-39(35,36)23-9-4-8-22(29-23)32-15-13-31(14-16-32)19-24-37-17-6-18-38-24/h4-5,7-9,11,20,24H,6,10,12-19H2,1-3H3,(H,30,34). The number of nitrogens with one attached hydrogen (secondary N) is 1. The van der Waals surface area contributed by atoms with E-state index in [0.29, 0.717) is 37.2 Å². The van der Waals surface area contributed by atoms with Gasteiger partial charge in [-0.05, 0) is 56.9 Å². The molecule has 0 radical (unpaired) electrons. The lowest BCUT2D eigenvalue weighted by atomic mass is 9.90. The molecule has 1 amide bonds. The number of ether oxygens (including phenoxy) is 2. The van der Waals surface area contributed by atoms with Crippen molar-refractivity contribution in [3.8, 4) is 0 Å². The van der Waals surface area contributed by atoms with Crippen molar-refractivity contribution in [1.29, 1.82) is 0 Å². The summed E-state index contributed by atoms with van der Waals surface area (Å²) in [5.41, 5.74) is 0.0139. The van der Waals surface area contributed by atoms with Crippen molar-refractivity contribution in [3.63, 3.8) is 0 Å². The van der Waals surface area contributed by atoms with E-state index in [2.05, 4.69) is 50.2 Å². The summed E-state index contributed by atoms with van der Waals surface area (Å²) in [6.07, 6.45) is 3.32. The Balaban J connectivity index is 1.26. The molecule has 1 atom stereocenters. The predicted octanol–water partition coefficient (Wildman–Crippen LogP) is 2.11. The Bertz CT molecular complexity index is 1270. The van der Waals surface area contributed by atoms with Crippen molar-refractivity contribution in [1.82, 2.24) is 19.6 Å². The molecule has 1 unspecified atom stereocenters. The molecular weight excluding hydrogens is 520 g/mol. The fourth-order valence-electron chi connectivity index (χ4n) is 5.37. The molecule has 5 heterocycles. The van der Waals surface area contributed by atoms with Crippen LogP contribution in [0.3, 0.4) is 0 Å². The van der Waals surface area contributed by atoms with E-state index in [4.69, 9.17) is 9.47 Å². The van der Waals surface area contributed by atoms with Crippen LogP contribution in [0.5, 0.6) is 0 Å². The van der Waals surface area contributed by atoms with Gasteiger partial charge in [0.05, 0.1) is 18.8 Å². The van der Waals surface area contributed by atoms with E-state index in [0.717, 1.165) is 45.7 Å². The summed E-state index contributed by atoms with van der Waals surface area (Å²) in [7, 11) is -4.21. The number of amides is 1. The van der Waals surface area contributed by atoms with E-state index in [9.17, 15) is 13.2 Å². The molecule has 0 aromatic carbocycles. The summed E-state index contributed by atoms with van der Waals surface area (Å²) >= 11 is 0. The van der Waals surface area contributed by atoms with E-state index >= 15 is 0 Å². The maximum Gasteiger partial charge on any atom is 0.281 e. The minimum atomic E-state index is -4.21. The minimum absolute atomic E-state index is 0.194. The number of carbonyl (C=O) groups is 1. The van der Waals surface area contributed by atoms with Crippen molar-refractivity contribution in [2.24, 2.45) is 5.92 Å². The van der Waals surface area contributed by atoms with Gasteiger partial charge in [-0.25, -0.2) is 14.7 Å². The van der Waals surface area contributed by atoms with Crippen LogP contribution in [0.15, 0.2) is 41.6 Å². The highest BCUT2D eigenvalue weighted by Gasteiger charge is 2.40. The highest BCUT2D eigenvalue weighted by Crippen LogP contribution is 2.38. The number of aromatic nitrogens is 2. The first-order chi connectivity index (χ1) is 18.6. The summed E-state index contributed by atoms with van der Waals surface area (Å²) in [6, 6.07) is 8.10. The van der Waals surface area contributed by atoms with E-state index in [1.54, 1.807) is 30.5 Å². The molecular formula is C27H38N6O5S. The Morgan fingerprint density at radius 2 is 1.82 bits per heavy atom. The van der Waals surface area contributed by atoms with Gasteiger partial charge in [0, 0.05) is 51.0 Å². The summed E-state index contributed by atoms with van der Waals surface area (Å²) in [5, 5.41) is -0.194. The number of rotatable bonds is 7. The van der Waals surface area contributed by atoms with Gasteiger partial charge in [0.25, 0.3) is 15.9 Å². The third kappa shape index (κ3) is 6.03. The molecule has 0 bridgehead atoms. The topological polar surface area (TPSA) is 117 Å². The van der Waals surface area contributed by atoms with Crippen LogP contribution < -0.4 is 14.5 Å². The van der Waals surface area contributed by atoms with Gasteiger partial charge in [-0.1, -0.05) is 13.0 Å². The molecule has 5 rings (SSSR count). The Morgan fingerprint density at radius 3 is 2.51 bits per heavy atom. The number of hydrogen-bond acceptors (Lipinski definition) is 10. The number of sulfonamides is 1. The molecule has 1 N–H and O–H groups in total. The van der Waals surface area contributed by atoms with Crippen molar-refractivity contribution >= 4 is 27.6 Å². The summed E-state index contributed by atoms with van der Waals surface area (Å²) in [6.45, 7) is 12.3. The van der Waals surface area contributed by atoms with E-state index in [1.165, 1.54) is 6.07 Å². The van der Waals surface area contributed by atoms with Gasteiger partial charge in [-0.3, -0.25) is 9.69 Å². The van der Waals surface area contributed by atoms with Crippen LogP contribution in [0.4, 0.5) is 11.6 Å². The average molecular weight is 559 g/mol. The van der Waals surface area contributed by atoms with Gasteiger partial charge in [0.15, 0.2) is 11.3 Å². The van der Waals surface area contributed by atoms with Crippen LogP contribution in [0.1, 0.15) is 44.0 Å². The number of hydrogen-bond donors (Lipinski definition) is 1. The van der Waals surface area contributed by atoms with Gasteiger partial charge >= 0.3 is 0 Å². The number of piperazine rings is 1. The van der Waals surface area contributed by atoms with Crippen molar-refractivity contribution in [3.05, 3.63) is 42.1 Å². The first kappa shape index (κ1) is 27.8. The summed E-state index contributed by atoms with van der Waals surface area (Å²) in [4.78, 5) is 28.6. The van der Waals surface area contributed by atoms with Crippen LogP contribution in [0.25, 0.3) is 0 Å². The summed E-state index contributed by atoms with van der Waals surface area (Å²) < 4.78 is 40.1. The Morgan fingerprint density at radius 1 is 1.08 bits per heavy atom. The van der Waals surface area contributed by atoms with E-state index < -0.39 is 15.9 Å². The first-order valence-corrected chi connectivity index (χ1v) is 15.1. The fourth-order valence-corrected chi connectivity index (χ4v) is 6.30. The fraction of sp³-hybridized carbons (Fsp3) is 0.593. The van der Waals surface area contributed by atoms with Gasteiger partial charge in [0.1, 0.15) is 11.6 Å². The Labute approximate surface area is 230 Å². The maximum absolute atomic E-state index is 13.3. The molecule has 2 aromatic rings.